The lowest BCUT2D eigenvalue weighted by Gasteiger charge is -2.14. The van der Waals surface area contributed by atoms with Crippen molar-refractivity contribution in [1.29, 1.82) is 0 Å². The van der Waals surface area contributed by atoms with Gasteiger partial charge < -0.3 is 14.6 Å². The van der Waals surface area contributed by atoms with Gasteiger partial charge in [0.1, 0.15) is 11.5 Å². The van der Waals surface area contributed by atoms with E-state index < -0.39 is 26.0 Å². The molecule has 41 heavy (non-hydrogen) atoms. The molecule has 0 fully saturated rings. The maximum absolute atomic E-state index is 12.9. The van der Waals surface area contributed by atoms with E-state index >= 15 is 0 Å². The van der Waals surface area contributed by atoms with Gasteiger partial charge in [-0.25, -0.2) is 21.6 Å². The van der Waals surface area contributed by atoms with Gasteiger partial charge >= 0.3 is 5.97 Å². The molecule has 0 radical (unpaired) electrons. The van der Waals surface area contributed by atoms with Crippen LogP contribution in [0.4, 0.5) is 11.4 Å². The maximum Gasteiger partial charge on any atom is 0.328 e. The van der Waals surface area contributed by atoms with E-state index in [-0.39, 0.29) is 26.7 Å². The molecule has 4 aromatic rings. The number of carboxylic acids is 1. The van der Waals surface area contributed by atoms with E-state index in [1.54, 1.807) is 24.3 Å². The summed E-state index contributed by atoms with van der Waals surface area (Å²) in [5.74, 6) is -0.237. The van der Waals surface area contributed by atoms with Gasteiger partial charge in [0.25, 0.3) is 20.0 Å². The Balaban J connectivity index is 1.64. The topological polar surface area (TPSA) is 148 Å². The quantitative estimate of drug-likeness (QED) is 0.209. The predicted molar refractivity (Wildman–Crippen MR) is 155 cm³/mol. The number of rotatable bonds is 11. The third kappa shape index (κ3) is 7.24. The normalized spacial score (nSPS) is 11.3. The van der Waals surface area contributed by atoms with Gasteiger partial charge in [-0.2, -0.15) is 0 Å². The van der Waals surface area contributed by atoms with Crippen molar-refractivity contribution in [2.45, 2.75) is 9.79 Å². The zero-order valence-electron chi connectivity index (χ0n) is 21.9. The number of aliphatic carboxylic acids is 1. The van der Waals surface area contributed by atoms with E-state index in [2.05, 4.69) is 9.44 Å². The number of benzene rings is 4. The van der Waals surface area contributed by atoms with Crippen molar-refractivity contribution in [2.24, 2.45) is 0 Å². The molecule has 0 heterocycles. The fourth-order valence-corrected chi connectivity index (χ4v) is 5.99. The van der Waals surface area contributed by atoms with Gasteiger partial charge in [0.15, 0.2) is 0 Å². The van der Waals surface area contributed by atoms with E-state index in [1.807, 2.05) is 0 Å². The summed E-state index contributed by atoms with van der Waals surface area (Å²) in [5.41, 5.74) is 1.40. The molecule has 12 heteroatoms. The average molecular weight is 595 g/mol. The molecule has 4 rings (SSSR count). The Hall–Kier alpha value is -4.81. The Morgan fingerprint density at radius 2 is 1.05 bits per heavy atom. The van der Waals surface area contributed by atoms with Gasteiger partial charge in [-0.1, -0.05) is 24.3 Å². The number of anilines is 2. The molecule has 0 unspecified atom stereocenters. The Morgan fingerprint density at radius 1 is 0.659 bits per heavy atom. The molecular weight excluding hydrogens is 568 g/mol. The molecular formula is C29H26N2O8S2. The minimum atomic E-state index is -3.95. The Morgan fingerprint density at radius 3 is 1.39 bits per heavy atom. The van der Waals surface area contributed by atoms with Crippen molar-refractivity contribution in [3.05, 3.63) is 114 Å². The zero-order chi connectivity index (χ0) is 29.6. The first-order valence-electron chi connectivity index (χ1n) is 12.0. The van der Waals surface area contributed by atoms with Gasteiger partial charge in [0, 0.05) is 17.5 Å². The number of methoxy groups -OCH3 is 2. The Labute approximate surface area is 238 Å². The van der Waals surface area contributed by atoms with Crippen LogP contribution in [0.2, 0.25) is 0 Å². The first-order chi connectivity index (χ1) is 19.5. The van der Waals surface area contributed by atoms with Crippen LogP contribution in [0, 0.1) is 0 Å². The molecule has 212 valence electrons. The van der Waals surface area contributed by atoms with Crippen molar-refractivity contribution in [2.75, 3.05) is 23.7 Å². The number of hydrogen-bond acceptors (Lipinski definition) is 7. The van der Waals surface area contributed by atoms with E-state index in [0.29, 0.717) is 22.6 Å². The molecule has 0 atom stereocenters. The molecule has 0 aliphatic heterocycles. The average Bonchev–Trinajstić information content (AvgIpc) is 2.95. The standard InChI is InChI=1S/C29H26N2O8S2/c1-38-24-9-13-26(14-10-24)40(34,35)30-22-7-3-5-20(17-22)28(19-29(32)33)21-6-4-8-23(18-21)31-41(36,37)27-15-11-25(39-2)12-16-27/h3-19,30-31H,1-2H3,(H,32,33). The predicted octanol–water partition coefficient (Wildman–Crippen LogP) is 4.82. The highest BCUT2D eigenvalue weighted by Crippen LogP contribution is 2.29. The largest absolute Gasteiger partial charge is 0.497 e. The van der Waals surface area contributed by atoms with Crippen molar-refractivity contribution in [1.82, 2.24) is 0 Å². The van der Waals surface area contributed by atoms with Gasteiger partial charge in [0.05, 0.1) is 24.0 Å². The highest BCUT2D eigenvalue weighted by atomic mass is 32.2. The SMILES string of the molecule is COc1ccc(S(=O)(=O)Nc2cccc(C(=CC(=O)O)c3cccc(NS(=O)(=O)c4ccc(OC)cc4)c3)c2)cc1. The van der Waals surface area contributed by atoms with Crippen LogP contribution in [0.3, 0.4) is 0 Å². The number of carboxylic acid groups (broad SMARTS) is 1. The highest BCUT2D eigenvalue weighted by Gasteiger charge is 2.18. The Kier molecular flexibility index (Phi) is 8.65. The zero-order valence-corrected chi connectivity index (χ0v) is 23.6. The summed E-state index contributed by atoms with van der Waals surface area (Å²) in [6.45, 7) is 0. The van der Waals surface area contributed by atoms with E-state index in [4.69, 9.17) is 9.47 Å². The van der Waals surface area contributed by atoms with E-state index in [1.165, 1.54) is 87.0 Å². The van der Waals surface area contributed by atoms with Crippen LogP contribution in [-0.4, -0.2) is 42.1 Å². The first kappa shape index (κ1) is 29.2. The van der Waals surface area contributed by atoms with Gasteiger partial charge in [-0.15, -0.1) is 0 Å². The van der Waals surface area contributed by atoms with Crippen molar-refractivity contribution < 1.29 is 36.2 Å². The minimum absolute atomic E-state index is 0.0156. The van der Waals surface area contributed by atoms with Crippen LogP contribution in [0.25, 0.3) is 5.57 Å². The lowest BCUT2D eigenvalue weighted by atomic mass is 9.97. The van der Waals surface area contributed by atoms with Crippen molar-refractivity contribution in [3.8, 4) is 11.5 Å². The number of hydrogen-bond donors (Lipinski definition) is 3. The monoisotopic (exact) mass is 594 g/mol. The lowest BCUT2D eigenvalue weighted by molar-refractivity contribution is -0.131. The van der Waals surface area contributed by atoms with E-state index in [9.17, 15) is 26.7 Å². The lowest BCUT2D eigenvalue weighted by Crippen LogP contribution is -2.13. The molecule has 4 aromatic carbocycles. The molecule has 0 aromatic heterocycles. The van der Waals surface area contributed by atoms with Crippen LogP contribution in [0.15, 0.2) is 113 Å². The number of ether oxygens (including phenoxy) is 2. The molecule has 0 amide bonds. The van der Waals surface area contributed by atoms with Crippen LogP contribution >= 0.6 is 0 Å². The van der Waals surface area contributed by atoms with Crippen molar-refractivity contribution >= 4 is 43.0 Å². The fraction of sp³-hybridized carbons (Fsp3) is 0.0690. The molecule has 0 saturated carbocycles. The fourth-order valence-electron chi connectivity index (χ4n) is 3.90. The highest BCUT2D eigenvalue weighted by molar-refractivity contribution is 7.93. The van der Waals surface area contributed by atoms with Crippen LogP contribution in [-0.2, 0) is 24.8 Å². The summed E-state index contributed by atoms with van der Waals surface area (Å²) in [6.07, 6.45) is 0.966. The summed E-state index contributed by atoms with van der Waals surface area (Å²) < 4.78 is 66.8. The summed E-state index contributed by atoms with van der Waals surface area (Å²) in [7, 11) is -4.96. The molecule has 0 saturated heterocycles. The van der Waals surface area contributed by atoms with Crippen LogP contribution < -0.4 is 18.9 Å². The molecule has 0 aliphatic rings. The van der Waals surface area contributed by atoms with Crippen molar-refractivity contribution in [3.63, 3.8) is 0 Å². The third-order valence-corrected chi connectivity index (χ3v) is 8.65. The minimum Gasteiger partial charge on any atom is -0.497 e. The smallest absolute Gasteiger partial charge is 0.328 e. The molecule has 0 spiro atoms. The van der Waals surface area contributed by atoms with E-state index in [0.717, 1.165) is 6.08 Å². The number of carbonyl (C=O) groups is 1. The third-order valence-electron chi connectivity index (χ3n) is 5.86. The molecule has 10 nitrogen and oxygen atoms in total. The molecule has 0 aliphatic carbocycles. The van der Waals surface area contributed by atoms with Gasteiger partial charge in [-0.05, 0) is 89.5 Å². The van der Waals surface area contributed by atoms with Gasteiger partial charge in [0.2, 0.25) is 0 Å². The summed E-state index contributed by atoms with van der Waals surface area (Å²) >= 11 is 0. The van der Waals surface area contributed by atoms with Gasteiger partial charge in [-0.3, -0.25) is 9.44 Å². The molecule has 3 N–H and O–H groups in total. The summed E-state index contributed by atoms with van der Waals surface area (Å²) in [6, 6.07) is 24.1. The van der Waals surface area contributed by atoms with Crippen LogP contribution in [0.1, 0.15) is 11.1 Å². The second-order valence-electron chi connectivity index (χ2n) is 8.62. The number of nitrogens with one attached hydrogen (secondary N) is 2. The summed E-state index contributed by atoms with van der Waals surface area (Å²) in [4.78, 5) is 11.8. The Bertz CT molecular complexity index is 1680. The first-order valence-corrected chi connectivity index (χ1v) is 15.0. The molecule has 0 bridgehead atoms. The number of sulfonamides is 2. The van der Waals surface area contributed by atoms with Crippen LogP contribution in [0.5, 0.6) is 11.5 Å². The second kappa shape index (κ2) is 12.1. The maximum atomic E-state index is 12.9. The summed E-state index contributed by atoms with van der Waals surface area (Å²) in [5, 5.41) is 9.58. The second-order valence-corrected chi connectivity index (χ2v) is 12.0.